The Morgan fingerprint density at radius 3 is 1.30 bits per heavy atom. The fourth-order valence-electron chi connectivity index (χ4n) is 8.03. The molecule has 4 amide bonds. The molecule has 574 valence electrons. The van der Waals surface area contributed by atoms with Crippen LogP contribution in [-0.2, 0) is 76.3 Å². The number of aliphatic hydroxyl groups excluding tert-OH is 2. The number of halogens is 12. The van der Waals surface area contributed by atoms with Crippen molar-refractivity contribution < 1.29 is 139 Å². The molecule has 6 aliphatic heterocycles. The summed E-state index contributed by atoms with van der Waals surface area (Å²) in [6, 6.07) is 0. The third-order valence-electron chi connectivity index (χ3n) is 12.2. The number of Topliss-reactive ketones (excluding diaryl/α,β-unsaturated/α-hetero) is 3. The molecule has 0 radical (unpaired) electrons. The quantitative estimate of drug-likeness (QED) is 0.0422. The molecular formula is C59H96F12N10O18. The molecule has 6 aliphatic rings. The van der Waals surface area contributed by atoms with Gasteiger partial charge in [-0.2, -0.15) is 57.8 Å². The van der Waals surface area contributed by atoms with Crippen molar-refractivity contribution in [3.05, 3.63) is 28.7 Å². The van der Waals surface area contributed by atoms with Gasteiger partial charge in [-0.05, 0) is 96.1 Å². The van der Waals surface area contributed by atoms with Gasteiger partial charge in [-0.3, -0.25) is 31.2 Å². The first kappa shape index (κ1) is 93.9. The summed E-state index contributed by atoms with van der Waals surface area (Å²) in [5, 5.41) is 23.4. The number of nitrogens with zero attached hydrogens (tertiary/aromatic N) is 6. The standard InChI is InChI=1S/C14H24N2O3.C12H16F3N3O2.C12H16F3NO4.C10H17NO3.C4F6O3.C4H9NO.C2H6O.CH4O.H4N2/c1-14(2,3)19-13(17)16-6-4-12(5-7-16)15-8-10-18-11-9-15;1-11(2,3)20-10(19)18-5-4-8-7(6-18)9(17-16-8)12(13,14)15;1-11(2,3)20-10(19)16-5-4-8(17)7(6-16)9(18)12(13,14)15;1-10(2,3)14-9(13)11-6-4-8(12)5-7-11;5-3(6,7)1(11)13-2(12)4(8,9)10;1-3-6-4-2-5-1;1-2-3;2*1-2/h4H,5-11H2,1-3H3;4-6H2,1-3H3,(H,16,17);7H,4-6H2,1-3H3;4-7H2,1-3H3;;5H,1-4H2;3H,2H2,1H3;2H,1H3;1-2H2. The van der Waals surface area contributed by atoms with E-state index in [0.717, 1.165) is 77.6 Å². The minimum absolute atomic E-state index is 0.0228. The van der Waals surface area contributed by atoms with Crippen molar-refractivity contribution in [1.29, 1.82) is 0 Å². The van der Waals surface area contributed by atoms with Crippen LogP contribution >= 0.6 is 0 Å². The molecule has 1 atom stereocenters. The molecule has 1 unspecified atom stereocenters. The van der Waals surface area contributed by atoms with E-state index in [4.69, 9.17) is 38.6 Å². The summed E-state index contributed by atoms with van der Waals surface area (Å²) in [7, 11) is 1.00. The number of carbonyl (C=O) groups excluding carboxylic acids is 9. The van der Waals surface area contributed by atoms with Crippen LogP contribution in [0.3, 0.4) is 0 Å². The van der Waals surface area contributed by atoms with Crippen molar-refractivity contribution in [3.8, 4) is 0 Å². The van der Waals surface area contributed by atoms with E-state index in [1.54, 1.807) is 58.3 Å². The summed E-state index contributed by atoms with van der Waals surface area (Å²) >= 11 is 0. The number of H-pyrrole nitrogens is 1. The molecule has 8 N–H and O–H groups in total. The minimum atomic E-state index is -5.62. The SMILES string of the molecule is C1COCCN1.CC(C)(C)OC(=O)N1CC=C(N2CCOCC2)CC1.CC(C)(C)OC(=O)N1CCC(=O)C(C(=O)C(F)(F)F)C1.CC(C)(C)OC(=O)N1CCC(=O)CC1.CC(C)(C)OC(=O)N1CCc2[nH]nc(C(F)(F)F)c2C1.CCO.CO.NN.O=C(OC(=O)C(F)(F)F)C(F)(F)F. The first-order chi connectivity index (χ1) is 45.3. The largest absolute Gasteiger partial charge is 0.491 e. The van der Waals surface area contributed by atoms with E-state index >= 15 is 0 Å². The number of esters is 2. The third-order valence-corrected chi connectivity index (χ3v) is 12.2. The van der Waals surface area contributed by atoms with Crippen LogP contribution in [0.5, 0.6) is 0 Å². The highest BCUT2D eigenvalue weighted by atomic mass is 19.4. The lowest BCUT2D eigenvalue weighted by molar-refractivity contribution is -0.221. The van der Waals surface area contributed by atoms with E-state index < -0.39 is 101 Å². The molecule has 1 aromatic heterocycles. The summed E-state index contributed by atoms with van der Waals surface area (Å²) in [6.07, 6.45) is -18.9. The van der Waals surface area contributed by atoms with E-state index in [2.05, 4.69) is 42.9 Å². The molecule has 1 aromatic rings. The number of carbonyl (C=O) groups is 9. The highest BCUT2D eigenvalue weighted by Gasteiger charge is 2.50. The molecule has 0 saturated carbocycles. The summed E-state index contributed by atoms with van der Waals surface area (Å²) in [5.41, 5.74) is -1.54. The number of amides is 4. The second kappa shape index (κ2) is 42.8. The van der Waals surface area contributed by atoms with Crippen molar-refractivity contribution in [3.63, 3.8) is 0 Å². The first-order valence-electron chi connectivity index (χ1n) is 30.6. The number of fused-ring (bicyclic) bond motifs is 1. The number of piperidine rings is 2. The van der Waals surface area contributed by atoms with Gasteiger partial charge in [0.05, 0.1) is 33.0 Å². The van der Waals surface area contributed by atoms with Crippen LogP contribution < -0.4 is 17.0 Å². The summed E-state index contributed by atoms with van der Waals surface area (Å²) < 4.78 is 176. The number of aromatic nitrogens is 2. The number of alkyl halides is 12. The molecule has 0 spiro atoms. The van der Waals surface area contributed by atoms with Crippen LogP contribution in [0, 0.1) is 5.92 Å². The fraction of sp³-hybridized carbons (Fsp3) is 0.763. The van der Waals surface area contributed by atoms with Gasteiger partial charge in [0.1, 0.15) is 39.9 Å². The van der Waals surface area contributed by atoms with Gasteiger partial charge in [0.2, 0.25) is 5.78 Å². The Bertz CT molecular complexity index is 2670. The predicted molar refractivity (Wildman–Crippen MR) is 327 cm³/mol. The Hall–Kier alpha value is -7.14. The lowest BCUT2D eigenvalue weighted by atomic mass is 9.92. The fourth-order valence-corrected chi connectivity index (χ4v) is 8.03. The van der Waals surface area contributed by atoms with Gasteiger partial charge < -0.3 is 73.2 Å². The Morgan fingerprint density at radius 2 is 0.939 bits per heavy atom. The molecule has 0 aliphatic carbocycles. The third kappa shape index (κ3) is 40.0. The minimum Gasteiger partial charge on any atom is -0.444 e. The zero-order valence-electron chi connectivity index (χ0n) is 58.0. The van der Waals surface area contributed by atoms with Gasteiger partial charge in [0, 0.05) is 135 Å². The second-order valence-corrected chi connectivity index (χ2v) is 25.1. The maximum absolute atomic E-state index is 12.8. The lowest BCUT2D eigenvalue weighted by Gasteiger charge is -2.35. The molecule has 99 heavy (non-hydrogen) atoms. The molecule has 4 saturated heterocycles. The smallest absolute Gasteiger partial charge is 0.444 e. The number of morpholine rings is 2. The molecule has 7 heterocycles. The molecule has 0 bridgehead atoms. The number of nitrogens with one attached hydrogen (secondary N) is 2. The van der Waals surface area contributed by atoms with E-state index in [0.29, 0.717) is 51.1 Å². The zero-order chi connectivity index (χ0) is 77.3. The van der Waals surface area contributed by atoms with Crippen LogP contribution in [0.25, 0.3) is 0 Å². The zero-order valence-corrected chi connectivity index (χ0v) is 58.0. The molecule has 0 aromatic carbocycles. The number of ketones is 3. The molecule has 28 nitrogen and oxygen atoms in total. The Balaban J connectivity index is 0. The van der Waals surface area contributed by atoms with Gasteiger partial charge >= 0.3 is 61.0 Å². The van der Waals surface area contributed by atoms with E-state index in [9.17, 15) is 95.8 Å². The van der Waals surface area contributed by atoms with Crippen molar-refractivity contribution in [1.82, 2.24) is 40.0 Å². The molecule has 4 fully saturated rings. The maximum Gasteiger partial charge on any atom is 0.491 e. The van der Waals surface area contributed by atoms with Crippen LogP contribution in [0.15, 0.2) is 11.8 Å². The number of rotatable bonds is 2. The van der Waals surface area contributed by atoms with E-state index in [-0.39, 0.29) is 49.7 Å². The molecular weight excluding hydrogens is 1360 g/mol. The first-order valence-corrected chi connectivity index (χ1v) is 30.6. The molecule has 40 heteroatoms. The highest BCUT2D eigenvalue weighted by Crippen LogP contribution is 2.35. The second-order valence-electron chi connectivity index (χ2n) is 25.1. The predicted octanol–water partition coefficient (Wildman–Crippen LogP) is 7.31. The Kier molecular flexibility index (Phi) is 40.6. The Morgan fingerprint density at radius 1 is 0.556 bits per heavy atom. The number of aliphatic hydroxyl groups is 2. The van der Waals surface area contributed by atoms with E-state index in [1.807, 2.05) is 41.5 Å². The van der Waals surface area contributed by atoms with Crippen molar-refractivity contribution in [2.75, 3.05) is 112 Å². The normalized spacial score (nSPS) is 17.5. The monoisotopic (exact) mass is 1460 g/mol. The topological polar surface area (TPSA) is 368 Å². The number of nitrogens with two attached hydrogens (primary N) is 2. The van der Waals surface area contributed by atoms with Crippen LogP contribution in [0.4, 0.5) is 71.9 Å². The van der Waals surface area contributed by atoms with Crippen LogP contribution in [-0.4, -0.2) is 252 Å². The van der Waals surface area contributed by atoms with Crippen LogP contribution in [0.1, 0.15) is 133 Å². The highest BCUT2D eigenvalue weighted by molar-refractivity contribution is 6.06. The van der Waals surface area contributed by atoms with Gasteiger partial charge in [-0.15, -0.1) is 0 Å². The average Bonchev–Trinajstić information content (AvgIpc) is 1.72. The van der Waals surface area contributed by atoms with Gasteiger partial charge in [-0.25, -0.2) is 28.8 Å². The summed E-state index contributed by atoms with van der Waals surface area (Å²) in [5.74, 6) is -2.94. The van der Waals surface area contributed by atoms with Gasteiger partial charge in [0.15, 0.2) is 5.69 Å². The number of hydrazine groups is 1. The van der Waals surface area contributed by atoms with Gasteiger partial charge in [-0.1, -0.05) is 0 Å². The van der Waals surface area contributed by atoms with Crippen molar-refractivity contribution in [2.24, 2.45) is 17.6 Å². The Labute approximate surface area is 565 Å². The average molecular weight is 1460 g/mol. The van der Waals surface area contributed by atoms with Gasteiger partial charge in [0.25, 0.3) is 0 Å². The number of aromatic amines is 1. The number of likely N-dealkylation sites (tertiary alicyclic amines) is 2. The lowest BCUT2D eigenvalue weighted by Crippen LogP contribution is -2.50. The number of hydrogen-bond donors (Lipinski definition) is 6. The van der Waals surface area contributed by atoms with Crippen LogP contribution in [0.2, 0.25) is 0 Å². The number of ether oxygens (including phenoxy) is 7. The summed E-state index contributed by atoms with van der Waals surface area (Å²) in [6.45, 7) is 32.3. The maximum atomic E-state index is 12.8. The molecule has 7 rings (SSSR count). The number of hydrogen-bond acceptors (Lipinski definition) is 23. The van der Waals surface area contributed by atoms with Crippen molar-refractivity contribution >= 4 is 53.7 Å². The summed E-state index contributed by atoms with van der Waals surface area (Å²) in [4.78, 5) is 108. The van der Waals surface area contributed by atoms with Crippen molar-refractivity contribution in [2.45, 2.75) is 176 Å². The van der Waals surface area contributed by atoms with E-state index in [1.165, 1.54) is 10.6 Å².